The van der Waals surface area contributed by atoms with Crippen LogP contribution in [0.3, 0.4) is 0 Å². The molecule has 0 heterocycles. The average molecular weight is 380 g/mol. The maximum atomic E-state index is 11.0. The third kappa shape index (κ3) is 14.2. The second-order valence-electron chi connectivity index (χ2n) is 6.75. The van der Waals surface area contributed by atoms with Crippen molar-refractivity contribution in [2.45, 2.75) is 65.2 Å². The Bertz CT molecular complexity index is 476. The van der Waals surface area contributed by atoms with Gasteiger partial charge in [0.1, 0.15) is 12.4 Å². The third-order valence-corrected chi connectivity index (χ3v) is 4.19. The van der Waals surface area contributed by atoms with E-state index in [-0.39, 0.29) is 5.91 Å². The molecule has 5 heteroatoms. The average Bonchev–Trinajstić information content (AvgIpc) is 2.66. The standard InChI is InChI=1S/C22H37NO4/c1-3-4-5-6-7-8-9-10-15-25-16-17-26-18-19-27-22-13-11-21(12-14-22)23-20(2)24/h11-14H,3-10,15-19H2,1-2H3,(H,23,24). The minimum Gasteiger partial charge on any atom is -0.491 e. The number of benzene rings is 1. The van der Waals surface area contributed by atoms with Gasteiger partial charge in [0, 0.05) is 19.2 Å². The third-order valence-electron chi connectivity index (χ3n) is 4.19. The fourth-order valence-corrected chi connectivity index (χ4v) is 2.72. The minimum atomic E-state index is -0.0818. The van der Waals surface area contributed by atoms with E-state index < -0.39 is 0 Å². The van der Waals surface area contributed by atoms with Crippen molar-refractivity contribution in [2.24, 2.45) is 0 Å². The van der Waals surface area contributed by atoms with Crippen molar-refractivity contribution in [3.05, 3.63) is 24.3 Å². The summed E-state index contributed by atoms with van der Waals surface area (Å²) in [6.45, 7) is 6.84. The Balaban J connectivity index is 1.84. The quantitative estimate of drug-likeness (QED) is 0.378. The first-order valence-electron chi connectivity index (χ1n) is 10.4. The van der Waals surface area contributed by atoms with Gasteiger partial charge in [0.25, 0.3) is 0 Å². The number of anilines is 1. The van der Waals surface area contributed by atoms with Crippen molar-refractivity contribution in [3.8, 4) is 5.75 Å². The van der Waals surface area contributed by atoms with Crippen molar-refractivity contribution in [2.75, 3.05) is 38.4 Å². The van der Waals surface area contributed by atoms with Crippen LogP contribution >= 0.6 is 0 Å². The van der Waals surface area contributed by atoms with Gasteiger partial charge < -0.3 is 19.5 Å². The zero-order valence-corrected chi connectivity index (χ0v) is 17.1. The summed E-state index contributed by atoms with van der Waals surface area (Å²) >= 11 is 0. The van der Waals surface area contributed by atoms with E-state index >= 15 is 0 Å². The highest BCUT2D eigenvalue weighted by atomic mass is 16.5. The highest BCUT2D eigenvalue weighted by Gasteiger charge is 1.98. The molecule has 0 aliphatic rings. The van der Waals surface area contributed by atoms with Gasteiger partial charge in [-0.3, -0.25) is 4.79 Å². The smallest absolute Gasteiger partial charge is 0.221 e. The fraction of sp³-hybridized carbons (Fsp3) is 0.682. The van der Waals surface area contributed by atoms with Crippen molar-refractivity contribution in [1.29, 1.82) is 0 Å². The zero-order chi connectivity index (χ0) is 19.6. The molecule has 0 spiro atoms. The lowest BCUT2D eigenvalue weighted by atomic mass is 10.1. The number of unbranched alkanes of at least 4 members (excludes halogenated alkanes) is 7. The number of rotatable bonds is 17. The van der Waals surface area contributed by atoms with Gasteiger partial charge in [-0.05, 0) is 30.7 Å². The lowest BCUT2D eigenvalue weighted by molar-refractivity contribution is -0.114. The molecule has 27 heavy (non-hydrogen) atoms. The second-order valence-corrected chi connectivity index (χ2v) is 6.75. The number of amides is 1. The van der Waals surface area contributed by atoms with Gasteiger partial charge in [-0.2, -0.15) is 0 Å². The number of carbonyl (C=O) groups is 1. The van der Waals surface area contributed by atoms with Crippen LogP contribution in [0.15, 0.2) is 24.3 Å². The molecule has 0 fully saturated rings. The molecule has 0 bridgehead atoms. The molecule has 1 aromatic carbocycles. The van der Waals surface area contributed by atoms with Gasteiger partial charge >= 0.3 is 0 Å². The van der Waals surface area contributed by atoms with Crippen LogP contribution in [0, 0.1) is 0 Å². The Kier molecular flexibility index (Phi) is 14.4. The van der Waals surface area contributed by atoms with Gasteiger partial charge in [0.15, 0.2) is 0 Å². The molecule has 0 atom stereocenters. The van der Waals surface area contributed by atoms with Crippen LogP contribution in [0.25, 0.3) is 0 Å². The molecule has 1 amide bonds. The molecule has 0 aliphatic heterocycles. The number of nitrogens with one attached hydrogen (secondary N) is 1. The highest BCUT2D eigenvalue weighted by molar-refractivity contribution is 5.88. The Morgan fingerprint density at radius 1 is 0.778 bits per heavy atom. The summed E-state index contributed by atoms with van der Waals surface area (Å²) in [6.07, 6.45) is 10.5. The summed E-state index contributed by atoms with van der Waals surface area (Å²) in [5.74, 6) is 0.681. The van der Waals surface area contributed by atoms with Crippen LogP contribution in [0.4, 0.5) is 5.69 Å². The lowest BCUT2D eigenvalue weighted by Crippen LogP contribution is -2.11. The Labute approximate surface area is 164 Å². The predicted molar refractivity (Wildman–Crippen MR) is 110 cm³/mol. The molecule has 5 nitrogen and oxygen atoms in total. The topological polar surface area (TPSA) is 56.8 Å². The van der Waals surface area contributed by atoms with Crippen molar-refractivity contribution < 1.29 is 19.0 Å². The van der Waals surface area contributed by atoms with E-state index in [0.717, 1.165) is 24.5 Å². The molecule has 1 rings (SSSR count). The van der Waals surface area contributed by atoms with E-state index in [1.165, 1.54) is 51.9 Å². The SMILES string of the molecule is CCCCCCCCCCOCCOCCOc1ccc(NC(C)=O)cc1. The summed E-state index contributed by atoms with van der Waals surface area (Å²) in [7, 11) is 0. The molecule has 0 unspecified atom stereocenters. The molecule has 0 saturated heterocycles. The lowest BCUT2D eigenvalue weighted by Gasteiger charge is -2.09. The Morgan fingerprint density at radius 3 is 1.96 bits per heavy atom. The van der Waals surface area contributed by atoms with E-state index in [4.69, 9.17) is 14.2 Å². The van der Waals surface area contributed by atoms with E-state index in [1.54, 1.807) is 0 Å². The molecule has 154 valence electrons. The molecular formula is C22H37NO4. The normalized spacial score (nSPS) is 10.7. The second kappa shape index (κ2) is 16.6. The first kappa shape index (κ1) is 23.4. The maximum absolute atomic E-state index is 11.0. The molecule has 1 aromatic rings. The van der Waals surface area contributed by atoms with Gasteiger partial charge in [0.2, 0.25) is 5.91 Å². The summed E-state index contributed by atoms with van der Waals surface area (Å²) < 4.78 is 16.7. The summed E-state index contributed by atoms with van der Waals surface area (Å²) in [5, 5.41) is 2.72. The van der Waals surface area contributed by atoms with Gasteiger partial charge in [-0.1, -0.05) is 51.9 Å². The van der Waals surface area contributed by atoms with Crippen molar-refractivity contribution >= 4 is 11.6 Å². The maximum Gasteiger partial charge on any atom is 0.221 e. The van der Waals surface area contributed by atoms with Crippen LogP contribution < -0.4 is 10.1 Å². The van der Waals surface area contributed by atoms with E-state index in [9.17, 15) is 4.79 Å². The van der Waals surface area contributed by atoms with Crippen molar-refractivity contribution in [1.82, 2.24) is 0 Å². The van der Waals surface area contributed by atoms with Crippen LogP contribution in [0.2, 0.25) is 0 Å². The van der Waals surface area contributed by atoms with E-state index in [1.807, 2.05) is 24.3 Å². The largest absolute Gasteiger partial charge is 0.491 e. The van der Waals surface area contributed by atoms with Gasteiger partial charge in [-0.25, -0.2) is 0 Å². The molecule has 0 aromatic heterocycles. The number of ether oxygens (including phenoxy) is 3. The van der Waals surface area contributed by atoms with E-state index in [2.05, 4.69) is 12.2 Å². The Hall–Kier alpha value is -1.59. The van der Waals surface area contributed by atoms with E-state index in [0.29, 0.717) is 26.4 Å². The number of carbonyl (C=O) groups excluding carboxylic acids is 1. The molecular weight excluding hydrogens is 342 g/mol. The van der Waals surface area contributed by atoms with Gasteiger partial charge in [0.05, 0.1) is 19.8 Å². The monoisotopic (exact) mass is 379 g/mol. The number of hydrogen-bond donors (Lipinski definition) is 1. The summed E-state index contributed by atoms with van der Waals surface area (Å²) in [5.41, 5.74) is 0.764. The van der Waals surface area contributed by atoms with Crippen molar-refractivity contribution in [3.63, 3.8) is 0 Å². The Morgan fingerprint density at radius 2 is 1.33 bits per heavy atom. The summed E-state index contributed by atoms with van der Waals surface area (Å²) in [4.78, 5) is 11.0. The van der Waals surface area contributed by atoms with Gasteiger partial charge in [-0.15, -0.1) is 0 Å². The van der Waals surface area contributed by atoms with Crippen LogP contribution in [0.1, 0.15) is 65.2 Å². The highest BCUT2D eigenvalue weighted by Crippen LogP contribution is 2.15. The first-order valence-corrected chi connectivity index (χ1v) is 10.4. The fourth-order valence-electron chi connectivity index (χ4n) is 2.72. The molecule has 0 aliphatic carbocycles. The number of hydrogen-bond acceptors (Lipinski definition) is 4. The van der Waals surface area contributed by atoms with Crippen LogP contribution in [-0.2, 0) is 14.3 Å². The first-order chi connectivity index (χ1) is 13.2. The molecule has 0 saturated carbocycles. The molecule has 1 N–H and O–H groups in total. The van der Waals surface area contributed by atoms with Crippen LogP contribution in [-0.4, -0.2) is 38.9 Å². The summed E-state index contributed by atoms with van der Waals surface area (Å²) in [6, 6.07) is 7.30. The zero-order valence-electron chi connectivity index (χ0n) is 17.1. The minimum absolute atomic E-state index is 0.0818. The molecule has 0 radical (unpaired) electrons. The predicted octanol–water partition coefficient (Wildman–Crippen LogP) is 5.20. The van der Waals surface area contributed by atoms with Crippen LogP contribution in [0.5, 0.6) is 5.75 Å².